The second-order valence-corrected chi connectivity index (χ2v) is 5.32. The Labute approximate surface area is 140 Å². The fourth-order valence-corrected chi connectivity index (χ4v) is 2.59. The number of hydrogen-bond acceptors (Lipinski definition) is 4. The molecular weight excluding hydrogens is 312 g/mol. The third kappa shape index (κ3) is 5.53. The van der Waals surface area contributed by atoms with E-state index >= 15 is 0 Å². The van der Waals surface area contributed by atoms with Crippen molar-refractivity contribution in [1.82, 2.24) is 0 Å². The molecule has 2 aromatic rings. The SMILES string of the molecule is O=S=O.c1ccc2c(c1)CCCO2.c1ccc2c(c1)CCCO2. The first-order valence-corrected chi connectivity index (χ1v) is 8.35. The highest BCUT2D eigenvalue weighted by Gasteiger charge is 2.07. The molecule has 23 heavy (non-hydrogen) atoms. The number of hydrogen-bond donors (Lipinski definition) is 0. The summed E-state index contributed by atoms with van der Waals surface area (Å²) in [5.74, 6) is 2.16. The molecule has 0 radical (unpaired) electrons. The summed E-state index contributed by atoms with van der Waals surface area (Å²) in [5.41, 5.74) is 2.71. The molecule has 0 fully saturated rings. The molecule has 0 bridgehead atoms. The summed E-state index contributed by atoms with van der Waals surface area (Å²) in [7, 11) is 0. The number of benzene rings is 2. The van der Waals surface area contributed by atoms with Gasteiger partial charge in [0.05, 0.1) is 13.2 Å². The molecule has 2 heterocycles. The predicted octanol–water partition coefficient (Wildman–Crippen LogP) is 3.35. The van der Waals surface area contributed by atoms with Gasteiger partial charge in [0.1, 0.15) is 11.5 Å². The quantitative estimate of drug-likeness (QED) is 0.742. The summed E-state index contributed by atoms with van der Waals surface area (Å²) in [6.07, 6.45) is 4.68. The Balaban J connectivity index is 0.000000143. The van der Waals surface area contributed by atoms with E-state index in [4.69, 9.17) is 17.9 Å². The molecule has 0 unspecified atom stereocenters. The number of rotatable bonds is 0. The van der Waals surface area contributed by atoms with Gasteiger partial charge < -0.3 is 9.47 Å². The fourth-order valence-electron chi connectivity index (χ4n) is 2.59. The molecule has 0 saturated heterocycles. The summed E-state index contributed by atoms with van der Waals surface area (Å²) in [5, 5.41) is 0. The minimum absolute atomic E-state index is 0.750. The second kappa shape index (κ2) is 9.79. The average Bonchev–Trinajstić information content (AvgIpc) is 2.63. The highest BCUT2D eigenvalue weighted by atomic mass is 32.1. The van der Waals surface area contributed by atoms with Crippen molar-refractivity contribution >= 4 is 11.6 Å². The van der Waals surface area contributed by atoms with Gasteiger partial charge in [0.15, 0.2) is 0 Å². The van der Waals surface area contributed by atoms with Gasteiger partial charge in [0.2, 0.25) is 0 Å². The molecule has 4 nitrogen and oxygen atoms in total. The van der Waals surface area contributed by atoms with E-state index < -0.39 is 11.6 Å². The van der Waals surface area contributed by atoms with Crippen LogP contribution in [-0.2, 0) is 24.4 Å². The molecule has 5 heteroatoms. The van der Waals surface area contributed by atoms with Crippen LogP contribution in [0.4, 0.5) is 0 Å². The third-order valence-electron chi connectivity index (χ3n) is 3.64. The third-order valence-corrected chi connectivity index (χ3v) is 3.64. The van der Waals surface area contributed by atoms with Gasteiger partial charge in [-0.05, 0) is 48.9 Å². The molecule has 0 aromatic heterocycles. The summed E-state index contributed by atoms with van der Waals surface area (Å²) < 4.78 is 27.4. The van der Waals surface area contributed by atoms with E-state index in [1.54, 1.807) is 0 Å². The van der Waals surface area contributed by atoms with E-state index in [1.165, 1.54) is 24.0 Å². The van der Waals surface area contributed by atoms with Crippen molar-refractivity contribution in [1.29, 1.82) is 0 Å². The Morgan fingerprint density at radius 1 is 0.696 bits per heavy atom. The number of aryl methyl sites for hydroxylation is 2. The van der Waals surface area contributed by atoms with E-state index in [9.17, 15) is 0 Å². The molecule has 0 saturated carbocycles. The van der Waals surface area contributed by atoms with Crippen LogP contribution in [0.25, 0.3) is 0 Å². The summed E-state index contributed by atoms with van der Waals surface area (Å²) in [6.45, 7) is 1.77. The minimum atomic E-state index is -0.750. The van der Waals surface area contributed by atoms with Crippen LogP contribution in [0.3, 0.4) is 0 Å². The molecule has 4 rings (SSSR count). The highest BCUT2D eigenvalue weighted by molar-refractivity contribution is 7.51. The Morgan fingerprint density at radius 2 is 1.09 bits per heavy atom. The summed E-state index contributed by atoms with van der Waals surface area (Å²) in [6, 6.07) is 16.5. The molecule has 2 aliphatic heterocycles. The van der Waals surface area contributed by atoms with Crippen LogP contribution in [-0.4, -0.2) is 21.6 Å². The summed E-state index contributed by atoms with van der Waals surface area (Å²) in [4.78, 5) is 0. The molecule has 0 N–H and O–H groups in total. The lowest BCUT2D eigenvalue weighted by Gasteiger charge is -2.15. The first-order chi connectivity index (χ1) is 11.3. The van der Waals surface area contributed by atoms with E-state index in [2.05, 4.69) is 24.3 Å². The van der Waals surface area contributed by atoms with Crippen molar-refractivity contribution in [2.75, 3.05) is 13.2 Å². The Bertz CT molecular complexity index is 549. The first-order valence-electron chi connectivity index (χ1n) is 7.68. The van der Waals surface area contributed by atoms with Gasteiger partial charge >= 0.3 is 11.6 Å². The van der Waals surface area contributed by atoms with Crippen LogP contribution in [0.15, 0.2) is 48.5 Å². The molecule has 0 amide bonds. The molecule has 0 aliphatic carbocycles. The van der Waals surface area contributed by atoms with Gasteiger partial charge in [-0.1, -0.05) is 36.4 Å². The van der Waals surface area contributed by atoms with Gasteiger partial charge in [-0.2, -0.15) is 8.42 Å². The lowest BCUT2D eigenvalue weighted by atomic mass is 10.1. The monoisotopic (exact) mass is 332 g/mol. The molecule has 0 spiro atoms. The van der Waals surface area contributed by atoms with E-state index in [0.29, 0.717) is 0 Å². The average molecular weight is 332 g/mol. The molecular formula is C18H20O4S. The number of fused-ring (bicyclic) bond motifs is 2. The van der Waals surface area contributed by atoms with E-state index in [0.717, 1.165) is 37.6 Å². The smallest absolute Gasteiger partial charge is 0.335 e. The zero-order valence-electron chi connectivity index (χ0n) is 12.9. The molecule has 0 atom stereocenters. The van der Waals surface area contributed by atoms with Crippen molar-refractivity contribution in [3.63, 3.8) is 0 Å². The van der Waals surface area contributed by atoms with Gasteiger partial charge in [-0.25, -0.2) is 0 Å². The summed E-state index contributed by atoms with van der Waals surface area (Å²) >= 11 is -0.750. The topological polar surface area (TPSA) is 52.6 Å². The normalized spacial score (nSPS) is 14.1. The Morgan fingerprint density at radius 3 is 1.48 bits per heavy atom. The maximum atomic E-state index is 8.29. The Hall–Kier alpha value is -2.14. The molecule has 2 aliphatic rings. The van der Waals surface area contributed by atoms with Crippen molar-refractivity contribution < 1.29 is 17.9 Å². The van der Waals surface area contributed by atoms with Crippen LogP contribution in [0.2, 0.25) is 0 Å². The second-order valence-electron chi connectivity index (χ2n) is 5.19. The van der Waals surface area contributed by atoms with Gasteiger partial charge in [-0.3, -0.25) is 0 Å². The fraction of sp³-hybridized carbons (Fsp3) is 0.333. The first kappa shape index (κ1) is 17.2. The Kier molecular flexibility index (Phi) is 7.33. The predicted molar refractivity (Wildman–Crippen MR) is 89.4 cm³/mol. The van der Waals surface area contributed by atoms with Crippen molar-refractivity contribution in [3.8, 4) is 11.5 Å². The highest BCUT2D eigenvalue weighted by Crippen LogP contribution is 2.23. The van der Waals surface area contributed by atoms with Gasteiger partial charge in [0, 0.05) is 0 Å². The van der Waals surface area contributed by atoms with Crippen LogP contribution >= 0.6 is 0 Å². The van der Waals surface area contributed by atoms with Crippen LogP contribution in [0, 0.1) is 0 Å². The van der Waals surface area contributed by atoms with Gasteiger partial charge in [-0.15, -0.1) is 0 Å². The van der Waals surface area contributed by atoms with Crippen LogP contribution < -0.4 is 9.47 Å². The zero-order valence-corrected chi connectivity index (χ0v) is 13.7. The standard InChI is InChI=1S/2C9H10O.O2S/c2*1-2-6-9-8(4-1)5-3-7-10-9;1-3-2/h2*1-2,4,6H,3,5,7H2;. The lowest BCUT2D eigenvalue weighted by molar-refractivity contribution is 0.288. The van der Waals surface area contributed by atoms with Crippen LogP contribution in [0.1, 0.15) is 24.0 Å². The maximum absolute atomic E-state index is 8.29. The van der Waals surface area contributed by atoms with Crippen molar-refractivity contribution in [2.24, 2.45) is 0 Å². The minimum Gasteiger partial charge on any atom is -0.493 e. The van der Waals surface area contributed by atoms with Gasteiger partial charge in [0.25, 0.3) is 0 Å². The van der Waals surface area contributed by atoms with E-state index in [1.807, 2.05) is 24.3 Å². The zero-order chi connectivity index (χ0) is 16.3. The maximum Gasteiger partial charge on any atom is 0.335 e. The van der Waals surface area contributed by atoms with Crippen LogP contribution in [0.5, 0.6) is 11.5 Å². The molecule has 2 aromatic carbocycles. The molecule has 122 valence electrons. The van der Waals surface area contributed by atoms with Crippen molar-refractivity contribution in [2.45, 2.75) is 25.7 Å². The van der Waals surface area contributed by atoms with E-state index in [-0.39, 0.29) is 0 Å². The van der Waals surface area contributed by atoms with Crippen molar-refractivity contribution in [3.05, 3.63) is 59.7 Å². The number of para-hydroxylation sites is 2. The lowest BCUT2D eigenvalue weighted by Crippen LogP contribution is -2.07. The number of ether oxygens (including phenoxy) is 2. The largest absolute Gasteiger partial charge is 0.493 e.